The summed E-state index contributed by atoms with van der Waals surface area (Å²) < 4.78 is 0. The van der Waals surface area contributed by atoms with Crippen molar-refractivity contribution in [2.45, 2.75) is 13.0 Å². The summed E-state index contributed by atoms with van der Waals surface area (Å²) in [7, 11) is 0. The van der Waals surface area contributed by atoms with Crippen LogP contribution in [0.3, 0.4) is 0 Å². The van der Waals surface area contributed by atoms with Crippen molar-refractivity contribution in [2.24, 2.45) is 5.92 Å². The summed E-state index contributed by atoms with van der Waals surface area (Å²) in [6, 6.07) is 0. The number of aromatic nitrogens is 2. The fraction of sp³-hybridized carbons (Fsp3) is 0.556. The molecular formula is C9H14N4O. The molecule has 76 valence electrons. The van der Waals surface area contributed by atoms with Crippen LogP contribution in [0.2, 0.25) is 0 Å². The second kappa shape index (κ2) is 4.23. The van der Waals surface area contributed by atoms with E-state index in [4.69, 9.17) is 0 Å². The van der Waals surface area contributed by atoms with E-state index >= 15 is 0 Å². The first kappa shape index (κ1) is 9.21. The lowest BCUT2D eigenvalue weighted by molar-refractivity contribution is -0.122. The first-order chi connectivity index (χ1) is 6.84. The first-order valence-electron chi connectivity index (χ1n) is 4.79. The average Bonchev–Trinajstić information content (AvgIpc) is 2.60. The van der Waals surface area contributed by atoms with Gasteiger partial charge in [-0.15, -0.1) is 0 Å². The number of carbonyl (C=O) groups is 1. The summed E-state index contributed by atoms with van der Waals surface area (Å²) in [5, 5.41) is 12.5. The maximum absolute atomic E-state index is 11.4. The summed E-state index contributed by atoms with van der Waals surface area (Å²) in [6.45, 7) is 2.51. The molecule has 5 heteroatoms. The van der Waals surface area contributed by atoms with Gasteiger partial charge in [0.1, 0.15) is 0 Å². The Hall–Kier alpha value is -1.36. The Kier molecular flexibility index (Phi) is 2.78. The second-order valence-electron chi connectivity index (χ2n) is 3.61. The van der Waals surface area contributed by atoms with Crippen LogP contribution in [0.4, 0.5) is 0 Å². The van der Waals surface area contributed by atoms with Gasteiger partial charge < -0.3 is 10.6 Å². The van der Waals surface area contributed by atoms with Gasteiger partial charge >= 0.3 is 0 Å². The van der Waals surface area contributed by atoms with E-state index < -0.39 is 0 Å². The second-order valence-corrected chi connectivity index (χ2v) is 3.61. The van der Waals surface area contributed by atoms with Crippen LogP contribution in [0.1, 0.15) is 12.0 Å². The molecule has 1 aromatic heterocycles. The van der Waals surface area contributed by atoms with Crippen LogP contribution < -0.4 is 10.6 Å². The Morgan fingerprint density at radius 2 is 2.50 bits per heavy atom. The fourth-order valence-corrected chi connectivity index (χ4v) is 1.40. The third-order valence-corrected chi connectivity index (χ3v) is 2.38. The highest BCUT2D eigenvalue weighted by Crippen LogP contribution is 2.07. The van der Waals surface area contributed by atoms with E-state index in [0.29, 0.717) is 18.9 Å². The molecule has 0 unspecified atom stereocenters. The Bertz CT molecular complexity index is 292. The Balaban J connectivity index is 1.67. The first-order valence-corrected chi connectivity index (χ1v) is 4.79. The van der Waals surface area contributed by atoms with Crippen LogP contribution in [0, 0.1) is 5.92 Å². The van der Waals surface area contributed by atoms with Crippen LogP contribution in [0.5, 0.6) is 0 Å². The monoisotopic (exact) mass is 194 g/mol. The van der Waals surface area contributed by atoms with Crippen molar-refractivity contribution in [3.8, 4) is 0 Å². The molecule has 1 saturated heterocycles. The van der Waals surface area contributed by atoms with Gasteiger partial charge in [-0.05, 0) is 19.0 Å². The predicted molar refractivity (Wildman–Crippen MR) is 51.4 cm³/mol. The average molecular weight is 194 g/mol. The number of carbonyl (C=O) groups excluding carboxylic acids is 1. The molecule has 1 aromatic rings. The van der Waals surface area contributed by atoms with Crippen LogP contribution in [-0.4, -0.2) is 29.2 Å². The number of aromatic amines is 1. The minimum Gasteiger partial charge on any atom is -0.352 e. The molecule has 0 spiro atoms. The molecule has 1 aliphatic heterocycles. The fourth-order valence-electron chi connectivity index (χ4n) is 1.40. The number of amides is 1. The SMILES string of the molecule is O=C(CC1CNC1)NCc1cn[nH]c1. The van der Waals surface area contributed by atoms with Crippen molar-refractivity contribution >= 4 is 5.91 Å². The Morgan fingerprint density at radius 1 is 1.64 bits per heavy atom. The van der Waals surface area contributed by atoms with Crippen LogP contribution in [0.15, 0.2) is 12.4 Å². The van der Waals surface area contributed by atoms with Crippen LogP contribution >= 0.6 is 0 Å². The summed E-state index contributed by atoms with van der Waals surface area (Å²) >= 11 is 0. The maximum atomic E-state index is 11.4. The number of rotatable bonds is 4. The lowest BCUT2D eigenvalue weighted by Crippen LogP contribution is -2.44. The van der Waals surface area contributed by atoms with Crippen LogP contribution in [0.25, 0.3) is 0 Å². The molecule has 0 saturated carbocycles. The summed E-state index contributed by atoms with van der Waals surface area (Å²) in [5.41, 5.74) is 1.00. The smallest absolute Gasteiger partial charge is 0.220 e. The van der Waals surface area contributed by atoms with Crippen molar-refractivity contribution in [1.82, 2.24) is 20.8 Å². The van der Waals surface area contributed by atoms with Crippen molar-refractivity contribution in [3.63, 3.8) is 0 Å². The summed E-state index contributed by atoms with van der Waals surface area (Å²) in [4.78, 5) is 11.4. The molecule has 0 radical (unpaired) electrons. The molecule has 2 heterocycles. The minimum absolute atomic E-state index is 0.123. The molecule has 3 N–H and O–H groups in total. The van der Waals surface area contributed by atoms with E-state index in [1.54, 1.807) is 12.4 Å². The van der Waals surface area contributed by atoms with Crippen LogP contribution in [-0.2, 0) is 11.3 Å². The van der Waals surface area contributed by atoms with Gasteiger partial charge in [-0.2, -0.15) is 5.10 Å². The molecule has 2 rings (SSSR count). The molecule has 0 atom stereocenters. The van der Waals surface area contributed by atoms with Gasteiger partial charge in [0.25, 0.3) is 0 Å². The van der Waals surface area contributed by atoms with E-state index in [-0.39, 0.29) is 5.91 Å². The highest BCUT2D eigenvalue weighted by atomic mass is 16.1. The number of nitrogens with zero attached hydrogens (tertiary/aromatic N) is 1. The third-order valence-electron chi connectivity index (χ3n) is 2.38. The topological polar surface area (TPSA) is 69.8 Å². The van der Waals surface area contributed by atoms with Crippen molar-refractivity contribution in [3.05, 3.63) is 18.0 Å². The molecule has 1 aliphatic rings. The third kappa shape index (κ3) is 2.32. The van der Waals surface area contributed by atoms with Gasteiger partial charge in [0.15, 0.2) is 0 Å². The van der Waals surface area contributed by atoms with Gasteiger partial charge in [0.05, 0.1) is 6.20 Å². The number of nitrogens with one attached hydrogen (secondary N) is 3. The highest BCUT2D eigenvalue weighted by molar-refractivity contribution is 5.76. The van der Waals surface area contributed by atoms with Gasteiger partial charge in [0, 0.05) is 24.7 Å². The van der Waals surface area contributed by atoms with Crippen molar-refractivity contribution in [1.29, 1.82) is 0 Å². The van der Waals surface area contributed by atoms with Gasteiger partial charge in [-0.3, -0.25) is 9.89 Å². The van der Waals surface area contributed by atoms with Gasteiger partial charge in [0.2, 0.25) is 5.91 Å². The zero-order chi connectivity index (χ0) is 9.80. The zero-order valence-electron chi connectivity index (χ0n) is 7.92. The molecule has 0 bridgehead atoms. The number of hydrogen-bond acceptors (Lipinski definition) is 3. The molecule has 0 aromatic carbocycles. The summed E-state index contributed by atoms with van der Waals surface area (Å²) in [5.74, 6) is 0.650. The molecule has 1 amide bonds. The lowest BCUT2D eigenvalue weighted by atomic mass is 9.99. The van der Waals surface area contributed by atoms with E-state index in [9.17, 15) is 4.79 Å². The van der Waals surface area contributed by atoms with E-state index in [1.165, 1.54) is 0 Å². The molecule has 5 nitrogen and oxygen atoms in total. The maximum Gasteiger partial charge on any atom is 0.220 e. The van der Waals surface area contributed by atoms with Crippen molar-refractivity contribution < 1.29 is 4.79 Å². The standard InChI is InChI=1S/C9H14N4O/c14-9(1-7-2-10-3-7)11-4-8-5-12-13-6-8/h5-7,10H,1-4H2,(H,11,14)(H,12,13). The number of hydrogen-bond donors (Lipinski definition) is 3. The summed E-state index contributed by atoms with van der Waals surface area (Å²) in [6.07, 6.45) is 4.13. The molecule has 1 fully saturated rings. The van der Waals surface area contributed by atoms with E-state index in [0.717, 1.165) is 18.7 Å². The molecule has 0 aliphatic carbocycles. The zero-order valence-corrected chi connectivity index (χ0v) is 7.92. The predicted octanol–water partition coefficient (Wildman–Crippen LogP) is -0.365. The quantitative estimate of drug-likeness (QED) is 0.613. The van der Waals surface area contributed by atoms with Gasteiger partial charge in [-0.25, -0.2) is 0 Å². The number of H-pyrrole nitrogens is 1. The van der Waals surface area contributed by atoms with E-state index in [1.807, 2.05) is 0 Å². The Morgan fingerprint density at radius 3 is 3.07 bits per heavy atom. The van der Waals surface area contributed by atoms with Gasteiger partial charge in [-0.1, -0.05) is 0 Å². The lowest BCUT2D eigenvalue weighted by Gasteiger charge is -2.26. The normalized spacial score (nSPS) is 16.3. The minimum atomic E-state index is 0.123. The van der Waals surface area contributed by atoms with E-state index in [2.05, 4.69) is 20.8 Å². The van der Waals surface area contributed by atoms with Crippen molar-refractivity contribution in [2.75, 3.05) is 13.1 Å². The largest absolute Gasteiger partial charge is 0.352 e. The molecule has 14 heavy (non-hydrogen) atoms. The Labute approximate surface area is 82.3 Å². The highest BCUT2D eigenvalue weighted by Gasteiger charge is 2.19. The molecular weight excluding hydrogens is 180 g/mol.